The van der Waals surface area contributed by atoms with E-state index in [4.69, 9.17) is 9.47 Å². The zero-order valence-electron chi connectivity index (χ0n) is 18.1. The number of carbonyl (C=O) groups is 2. The van der Waals surface area contributed by atoms with Crippen molar-refractivity contribution in [2.45, 2.75) is 71.1 Å². The monoisotopic (exact) mass is 414 g/mol. The van der Waals surface area contributed by atoms with E-state index in [1.165, 1.54) is 4.90 Å². The van der Waals surface area contributed by atoms with E-state index in [1.54, 1.807) is 26.8 Å². The first-order valence-corrected chi connectivity index (χ1v) is 10.5. The van der Waals surface area contributed by atoms with Crippen molar-refractivity contribution in [2.24, 2.45) is 11.8 Å². The van der Waals surface area contributed by atoms with Gasteiger partial charge in [-0.2, -0.15) is 5.26 Å². The molecule has 1 heterocycles. The van der Waals surface area contributed by atoms with Crippen molar-refractivity contribution in [1.29, 1.82) is 5.26 Å². The van der Waals surface area contributed by atoms with Gasteiger partial charge in [0.15, 0.2) is 0 Å². The summed E-state index contributed by atoms with van der Waals surface area (Å²) in [7, 11) is 0. The standard InChI is InChI=1S/C23H30N2O5/c1-14-5-8-20(17(9-14)12-24)29-18-7-6-15-13-25(22(28)30-23(2,3)4)19(21(26)27)11-16(15)10-18/h5,8-9,15-16,18-19H,6-7,10-11,13H2,1-4H3,(H,26,27)/t15-,16-,18-,19-/m0/s1. The number of nitriles is 1. The molecular formula is C23H30N2O5. The van der Waals surface area contributed by atoms with Crippen LogP contribution < -0.4 is 4.74 Å². The van der Waals surface area contributed by atoms with Crippen molar-refractivity contribution in [2.75, 3.05) is 6.54 Å². The van der Waals surface area contributed by atoms with Crippen LogP contribution in [0.3, 0.4) is 0 Å². The van der Waals surface area contributed by atoms with Gasteiger partial charge in [0.1, 0.15) is 23.5 Å². The fraction of sp³-hybridized carbons (Fsp3) is 0.609. The minimum Gasteiger partial charge on any atom is -0.489 e. The van der Waals surface area contributed by atoms with E-state index in [9.17, 15) is 20.0 Å². The van der Waals surface area contributed by atoms with Crippen LogP contribution >= 0.6 is 0 Å². The SMILES string of the molecule is Cc1ccc(O[C@H]2CC[C@H]3CN(C(=O)OC(C)(C)C)[C@H](C(=O)O)C[C@@H]3C2)c(C#N)c1. The molecular weight excluding hydrogens is 384 g/mol. The fourth-order valence-electron chi connectivity index (χ4n) is 4.48. The largest absolute Gasteiger partial charge is 0.489 e. The van der Waals surface area contributed by atoms with Crippen molar-refractivity contribution in [3.8, 4) is 11.8 Å². The lowest BCUT2D eigenvalue weighted by Crippen LogP contribution is -2.56. The molecule has 1 saturated heterocycles. The second-order valence-corrected chi connectivity index (χ2v) is 9.41. The van der Waals surface area contributed by atoms with Gasteiger partial charge in [-0.25, -0.2) is 9.59 Å². The summed E-state index contributed by atoms with van der Waals surface area (Å²) >= 11 is 0. The molecule has 0 aromatic heterocycles. The van der Waals surface area contributed by atoms with Gasteiger partial charge in [0, 0.05) is 6.54 Å². The first-order chi connectivity index (χ1) is 14.1. The van der Waals surface area contributed by atoms with Crippen LogP contribution in [0.25, 0.3) is 0 Å². The van der Waals surface area contributed by atoms with Gasteiger partial charge >= 0.3 is 12.1 Å². The number of likely N-dealkylation sites (tertiary alicyclic amines) is 1. The third-order valence-electron chi connectivity index (χ3n) is 5.89. The van der Waals surface area contributed by atoms with Crippen LogP contribution in [0.1, 0.15) is 57.6 Å². The summed E-state index contributed by atoms with van der Waals surface area (Å²) in [6.45, 7) is 7.64. The molecule has 1 amide bonds. The Balaban J connectivity index is 1.70. The number of fused-ring (bicyclic) bond motifs is 1. The van der Waals surface area contributed by atoms with Gasteiger partial charge in [0.2, 0.25) is 0 Å². The van der Waals surface area contributed by atoms with Crippen LogP contribution in [0.5, 0.6) is 5.75 Å². The minimum absolute atomic E-state index is 0.0661. The van der Waals surface area contributed by atoms with Gasteiger partial charge in [0.05, 0.1) is 11.7 Å². The minimum atomic E-state index is -1.01. The molecule has 0 bridgehead atoms. The Kier molecular flexibility index (Phi) is 6.25. The number of benzene rings is 1. The Hall–Kier alpha value is -2.75. The molecule has 0 radical (unpaired) electrons. The third kappa shape index (κ3) is 5.05. The molecule has 1 aliphatic heterocycles. The lowest BCUT2D eigenvalue weighted by molar-refractivity contribution is -0.147. The smallest absolute Gasteiger partial charge is 0.411 e. The molecule has 4 atom stereocenters. The van der Waals surface area contributed by atoms with E-state index in [1.807, 2.05) is 19.1 Å². The molecule has 0 spiro atoms. The molecule has 7 nitrogen and oxygen atoms in total. The number of aliphatic carboxylic acids is 1. The molecule has 7 heteroatoms. The average Bonchev–Trinajstić information content (AvgIpc) is 2.66. The number of hydrogen-bond donors (Lipinski definition) is 1. The summed E-state index contributed by atoms with van der Waals surface area (Å²) in [4.78, 5) is 25.9. The highest BCUT2D eigenvalue weighted by molar-refractivity contribution is 5.80. The van der Waals surface area contributed by atoms with Crippen LogP contribution in [0, 0.1) is 30.1 Å². The molecule has 1 N–H and O–H groups in total. The van der Waals surface area contributed by atoms with E-state index >= 15 is 0 Å². The molecule has 1 aliphatic carbocycles. The third-order valence-corrected chi connectivity index (χ3v) is 5.89. The Bertz CT molecular complexity index is 854. The van der Waals surface area contributed by atoms with Crippen molar-refractivity contribution >= 4 is 12.1 Å². The van der Waals surface area contributed by atoms with Gasteiger partial charge in [-0.3, -0.25) is 4.90 Å². The maximum Gasteiger partial charge on any atom is 0.411 e. The van der Waals surface area contributed by atoms with Crippen LogP contribution in [-0.4, -0.2) is 46.4 Å². The number of hydrogen-bond acceptors (Lipinski definition) is 5. The van der Waals surface area contributed by atoms with Crippen LogP contribution in [0.2, 0.25) is 0 Å². The second kappa shape index (κ2) is 8.55. The molecule has 30 heavy (non-hydrogen) atoms. The van der Waals surface area contributed by atoms with Crippen molar-refractivity contribution < 1.29 is 24.2 Å². The number of carboxylic acid groups (broad SMARTS) is 1. The van der Waals surface area contributed by atoms with Crippen LogP contribution in [-0.2, 0) is 9.53 Å². The molecule has 1 saturated carbocycles. The Morgan fingerprint density at radius 2 is 1.93 bits per heavy atom. The van der Waals surface area contributed by atoms with E-state index in [2.05, 4.69) is 6.07 Å². The Morgan fingerprint density at radius 1 is 1.20 bits per heavy atom. The van der Waals surface area contributed by atoms with Gasteiger partial charge < -0.3 is 14.6 Å². The first kappa shape index (κ1) is 21.9. The number of rotatable bonds is 3. The molecule has 0 unspecified atom stereocenters. The summed E-state index contributed by atoms with van der Waals surface area (Å²) < 4.78 is 11.6. The number of carbonyl (C=O) groups excluding carboxylic acids is 1. The summed E-state index contributed by atoms with van der Waals surface area (Å²) in [6, 6.07) is 6.83. The lowest BCUT2D eigenvalue weighted by atomic mass is 9.72. The van der Waals surface area contributed by atoms with Gasteiger partial charge in [0.25, 0.3) is 0 Å². The predicted molar refractivity (Wildman–Crippen MR) is 110 cm³/mol. The predicted octanol–water partition coefficient (Wildman–Crippen LogP) is 4.12. The topological polar surface area (TPSA) is 99.9 Å². The van der Waals surface area contributed by atoms with Crippen LogP contribution in [0.4, 0.5) is 4.79 Å². The van der Waals surface area contributed by atoms with E-state index in [-0.39, 0.29) is 17.9 Å². The maximum atomic E-state index is 12.6. The fourth-order valence-corrected chi connectivity index (χ4v) is 4.48. The zero-order valence-corrected chi connectivity index (χ0v) is 18.1. The van der Waals surface area contributed by atoms with Crippen LogP contribution in [0.15, 0.2) is 18.2 Å². The number of aryl methyl sites for hydroxylation is 1. The highest BCUT2D eigenvalue weighted by atomic mass is 16.6. The zero-order chi connectivity index (χ0) is 22.1. The molecule has 1 aromatic carbocycles. The highest BCUT2D eigenvalue weighted by Gasteiger charge is 2.45. The van der Waals surface area contributed by atoms with Gasteiger partial charge in [-0.1, -0.05) is 6.07 Å². The highest BCUT2D eigenvalue weighted by Crippen LogP contribution is 2.40. The molecule has 162 valence electrons. The summed E-state index contributed by atoms with van der Waals surface area (Å²) in [5, 5.41) is 19.1. The number of nitrogens with zero attached hydrogens (tertiary/aromatic N) is 2. The first-order valence-electron chi connectivity index (χ1n) is 10.5. The number of amides is 1. The Morgan fingerprint density at radius 3 is 2.57 bits per heavy atom. The molecule has 2 fully saturated rings. The van der Waals surface area contributed by atoms with Gasteiger partial charge in [-0.05, 0) is 82.9 Å². The van der Waals surface area contributed by atoms with Gasteiger partial charge in [-0.15, -0.1) is 0 Å². The number of ether oxygens (including phenoxy) is 2. The number of piperidine rings is 1. The molecule has 3 rings (SSSR count). The van der Waals surface area contributed by atoms with E-state index in [0.717, 1.165) is 24.8 Å². The summed E-state index contributed by atoms with van der Waals surface area (Å²) in [5.74, 6) is -0.0545. The van der Waals surface area contributed by atoms with E-state index < -0.39 is 23.7 Å². The summed E-state index contributed by atoms with van der Waals surface area (Å²) in [6.07, 6.45) is 2.12. The Labute approximate surface area is 177 Å². The summed E-state index contributed by atoms with van der Waals surface area (Å²) in [5.41, 5.74) is 0.844. The lowest BCUT2D eigenvalue weighted by Gasteiger charge is -2.46. The van der Waals surface area contributed by atoms with E-state index in [0.29, 0.717) is 24.3 Å². The van der Waals surface area contributed by atoms with Crippen molar-refractivity contribution in [3.05, 3.63) is 29.3 Å². The molecule has 2 aliphatic rings. The number of carboxylic acids is 1. The molecule has 1 aromatic rings. The average molecular weight is 415 g/mol. The normalized spacial score (nSPS) is 26.3. The second-order valence-electron chi connectivity index (χ2n) is 9.41. The van der Waals surface area contributed by atoms with Crippen molar-refractivity contribution in [1.82, 2.24) is 4.90 Å². The maximum absolute atomic E-state index is 12.6. The van der Waals surface area contributed by atoms with Crippen molar-refractivity contribution in [3.63, 3.8) is 0 Å². The quantitative estimate of drug-likeness (QED) is 0.798.